The number of hydrogen-bond acceptors (Lipinski definition) is 2. The molecular weight excluding hydrogens is 410 g/mol. The van der Waals surface area contributed by atoms with E-state index in [1.165, 1.54) is 0 Å². The van der Waals surface area contributed by atoms with Gasteiger partial charge >= 0.3 is 0 Å². The summed E-state index contributed by atoms with van der Waals surface area (Å²) in [5, 5.41) is 1.09. The van der Waals surface area contributed by atoms with Crippen molar-refractivity contribution < 1.29 is 9.59 Å². The van der Waals surface area contributed by atoms with Crippen LogP contribution >= 0.6 is 0 Å². The number of carbonyl (C=O) groups is 2. The molecular formula is C28H27N3O2. The first-order valence-electron chi connectivity index (χ1n) is 11.4. The van der Waals surface area contributed by atoms with Gasteiger partial charge in [-0.2, -0.15) is 0 Å². The van der Waals surface area contributed by atoms with E-state index in [2.05, 4.69) is 4.98 Å². The summed E-state index contributed by atoms with van der Waals surface area (Å²) in [6, 6.07) is 27.9. The third kappa shape index (κ3) is 4.40. The summed E-state index contributed by atoms with van der Waals surface area (Å²) < 4.78 is 0. The lowest BCUT2D eigenvalue weighted by Gasteiger charge is -2.36. The molecule has 0 bridgehead atoms. The molecule has 3 aromatic carbocycles. The van der Waals surface area contributed by atoms with E-state index in [1.54, 1.807) is 0 Å². The predicted octanol–water partition coefficient (Wildman–Crippen LogP) is 4.21. The van der Waals surface area contributed by atoms with Crippen LogP contribution in [-0.2, 0) is 16.0 Å². The third-order valence-electron chi connectivity index (χ3n) is 6.47. The van der Waals surface area contributed by atoms with Gasteiger partial charge < -0.3 is 14.8 Å². The van der Waals surface area contributed by atoms with Crippen molar-refractivity contribution in [1.29, 1.82) is 0 Å². The molecule has 0 spiro atoms. The van der Waals surface area contributed by atoms with Gasteiger partial charge in [-0.1, -0.05) is 78.9 Å². The molecule has 1 fully saturated rings. The monoisotopic (exact) mass is 437 g/mol. The van der Waals surface area contributed by atoms with Crippen molar-refractivity contribution in [3.05, 3.63) is 108 Å². The van der Waals surface area contributed by atoms with Crippen molar-refractivity contribution in [2.45, 2.75) is 12.3 Å². The van der Waals surface area contributed by atoms with Crippen molar-refractivity contribution in [1.82, 2.24) is 14.8 Å². The second-order valence-corrected chi connectivity index (χ2v) is 8.50. The van der Waals surface area contributed by atoms with Gasteiger partial charge in [0.05, 0.1) is 12.3 Å². The van der Waals surface area contributed by atoms with E-state index in [0.29, 0.717) is 32.6 Å². The van der Waals surface area contributed by atoms with Gasteiger partial charge in [-0.05, 0) is 22.8 Å². The van der Waals surface area contributed by atoms with Gasteiger partial charge in [0.15, 0.2) is 0 Å². The van der Waals surface area contributed by atoms with Crippen molar-refractivity contribution in [2.75, 3.05) is 26.2 Å². The summed E-state index contributed by atoms with van der Waals surface area (Å²) in [6.45, 7) is 2.22. The van der Waals surface area contributed by atoms with Crippen molar-refractivity contribution >= 4 is 22.7 Å². The van der Waals surface area contributed by atoms with Gasteiger partial charge in [-0.15, -0.1) is 0 Å². The van der Waals surface area contributed by atoms with Crippen molar-refractivity contribution in [3.8, 4) is 0 Å². The Morgan fingerprint density at radius 1 is 0.727 bits per heavy atom. The number of nitrogens with one attached hydrogen (secondary N) is 1. The maximum atomic E-state index is 13.6. The number of H-pyrrole nitrogens is 1. The largest absolute Gasteiger partial charge is 0.361 e. The Balaban J connectivity index is 1.26. The van der Waals surface area contributed by atoms with E-state index < -0.39 is 0 Å². The predicted molar refractivity (Wildman–Crippen MR) is 130 cm³/mol. The zero-order valence-corrected chi connectivity index (χ0v) is 18.5. The van der Waals surface area contributed by atoms with E-state index in [-0.39, 0.29) is 17.7 Å². The zero-order valence-electron chi connectivity index (χ0n) is 18.5. The molecule has 0 unspecified atom stereocenters. The van der Waals surface area contributed by atoms with Crippen LogP contribution in [0.4, 0.5) is 0 Å². The van der Waals surface area contributed by atoms with Crippen LogP contribution in [0.1, 0.15) is 22.6 Å². The molecule has 0 atom stereocenters. The first-order chi connectivity index (χ1) is 16.2. The summed E-state index contributed by atoms with van der Waals surface area (Å²) in [5.41, 5.74) is 4.05. The number of carbonyl (C=O) groups excluding carboxylic acids is 2. The number of fused-ring (bicyclic) bond motifs is 1. The van der Waals surface area contributed by atoms with Gasteiger partial charge in [-0.25, -0.2) is 0 Å². The highest BCUT2D eigenvalue weighted by atomic mass is 16.2. The highest BCUT2D eigenvalue weighted by molar-refractivity contribution is 5.90. The standard InChI is InChI=1S/C28H27N3O2/c32-26(19-23-20-29-25-14-8-7-13-24(23)25)30-15-17-31(18-16-30)28(33)27(21-9-3-1-4-10-21)22-11-5-2-6-12-22/h1-14,20,27,29H,15-19H2. The smallest absolute Gasteiger partial charge is 0.234 e. The molecule has 5 heteroatoms. The van der Waals surface area contributed by atoms with Gasteiger partial charge in [0.25, 0.3) is 0 Å². The highest BCUT2D eigenvalue weighted by Gasteiger charge is 2.31. The maximum Gasteiger partial charge on any atom is 0.234 e. The number of amides is 2. The van der Waals surface area contributed by atoms with E-state index in [9.17, 15) is 9.59 Å². The second kappa shape index (κ2) is 9.33. The Hall–Kier alpha value is -3.86. The van der Waals surface area contributed by atoms with E-state index in [0.717, 1.165) is 27.6 Å². The van der Waals surface area contributed by atoms with Gasteiger partial charge in [0.2, 0.25) is 11.8 Å². The third-order valence-corrected chi connectivity index (χ3v) is 6.47. The van der Waals surface area contributed by atoms with Gasteiger partial charge in [0.1, 0.15) is 0 Å². The zero-order chi connectivity index (χ0) is 22.6. The molecule has 0 radical (unpaired) electrons. The molecule has 1 saturated heterocycles. The number of piperazine rings is 1. The Morgan fingerprint density at radius 2 is 1.27 bits per heavy atom. The van der Waals surface area contributed by atoms with Gasteiger partial charge in [0, 0.05) is 43.3 Å². The topological polar surface area (TPSA) is 56.4 Å². The molecule has 4 aromatic rings. The number of nitrogens with zero attached hydrogens (tertiary/aromatic N) is 2. The lowest BCUT2D eigenvalue weighted by molar-refractivity contribution is -0.139. The van der Waals surface area contributed by atoms with Gasteiger partial charge in [-0.3, -0.25) is 9.59 Å². The Bertz CT molecular complexity index is 1200. The van der Waals surface area contributed by atoms with Crippen LogP contribution < -0.4 is 0 Å². The summed E-state index contributed by atoms with van der Waals surface area (Å²) in [4.78, 5) is 33.6. The molecule has 166 valence electrons. The van der Waals surface area contributed by atoms with Crippen molar-refractivity contribution in [3.63, 3.8) is 0 Å². The summed E-state index contributed by atoms with van der Waals surface area (Å²) in [5.74, 6) is -0.133. The molecule has 1 N–H and O–H groups in total. The first kappa shape index (κ1) is 21.0. The molecule has 2 amide bonds. The Morgan fingerprint density at radius 3 is 1.91 bits per heavy atom. The van der Waals surface area contributed by atoms with Crippen LogP contribution in [0.3, 0.4) is 0 Å². The minimum Gasteiger partial charge on any atom is -0.361 e. The van der Waals surface area contributed by atoms with Crippen LogP contribution in [0.15, 0.2) is 91.1 Å². The lowest BCUT2D eigenvalue weighted by Crippen LogP contribution is -2.52. The number of para-hydroxylation sites is 1. The number of benzene rings is 3. The molecule has 1 aliphatic heterocycles. The molecule has 5 rings (SSSR count). The fourth-order valence-electron chi connectivity index (χ4n) is 4.68. The van der Waals surface area contributed by atoms with E-state index in [1.807, 2.05) is 101 Å². The van der Waals surface area contributed by atoms with Crippen LogP contribution in [0, 0.1) is 0 Å². The van der Waals surface area contributed by atoms with E-state index in [4.69, 9.17) is 0 Å². The van der Waals surface area contributed by atoms with Crippen LogP contribution in [0.25, 0.3) is 10.9 Å². The number of aromatic amines is 1. The minimum absolute atomic E-state index is 0.0936. The molecule has 1 aromatic heterocycles. The maximum absolute atomic E-state index is 13.6. The molecule has 33 heavy (non-hydrogen) atoms. The molecule has 5 nitrogen and oxygen atoms in total. The Kier molecular flexibility index (Phi) is 5.94. The number of rotatable bonds is 5. The lowest BCUT2D eigenvalue weighted by atomic mass is 9.90. The fourth-order valence-corrected chi connectivity index (χ4v) is 4.68. The quantitative estimate of drug-likeness (QED) is 0.508. The average Bonchev–Trinajstić information content (AvgIpc) is 3.28. The van der Waals surface area contributed by atoms with Crippen LogP contribution in [0.5, 0.6) is 0 Å². The number of aromatic nitrogens is 1. The van der Waals surface area contributed by atoms with E-state index >= 15 is 0 Å². The molecule has 2 heterocycles. The number of hydrogen-bond donors (Lipinski definition) is 1. The summed E-state index contributed by atoms with van der Waals surface area (Å²) in [7, 11) is 0. The SMILES string of the molecule is O=C(Cc1c[nH]c2ccccc12)N1CCN(C(=O)C(c2ccccc2)c2ccccc2)CC1. The minimum atomic E-state index is -0.333. The summed E-state index contributed by atoms with van der Waals surface area (Å²) in [6.07, 6.45) is 2.29. The fraction of sp³-hybridized carbons (Fsp3) is 0.214. The van der Waals surface area contributed by atoms with Crippen molar-refractivity contribution in [2.24, 2.45) is 0 Å². The molecule has 0 saturated carbocycles. The second-order valence-electron chi connectivity index (χ2n) is 8.50. The highest BCUT2D eigenvalue weighted by Crippen LogP contribution is 2.27. The average molecular weight is 438 g/mol. The normalized spacial score (nSPS) is 14.1. The summed E-state index contributed by atoms with van der Waals surface area (Å²) >= 11 is 0. The Labute approximate surface area is 193 Å². The van der Waals surface area contributed by atoms with Crippen LogP contribution in [0.2, 0.25) is 0 Å². The molecule has 1 aliphatic rings. The van der Waals surface area contributed by atoms with Crippen LogP contribution in [-0.4, -0.2) is 52.8 Å². The first-order valence-corrected chi connectivity index (χ1v) is 11.4. The molecule has 0 aliphatic carbocycles.